The topological polar surface area (TPSA) is 51.8 Å². The smallest absolute Gasteiger partial charge is 0.361 e. The van der Waals surface area contributed by atoms with Crippen LogP contribution in [0, 0.1) is 13.8 Å². The van der Waals surface area contributed by atoms with E-state index in [2.05, 4.69) is 15.1 Å². The van der Waals surface area contributed by atoms with Gasteiger partial charge in [-0.05, 0) is 32.0 Å². The van der Waals surface area contributed by atoms with Gasteiger partial charge in [-0.2, -0.15) is 13.2 Å². The maximum absolute atomic E-state index is 12.6. The van der Waals surface area contributed by atoms with Crippen LogP contribution in [0.3, 0.4) is 0 Å². The van der Waals surface area contributed by atoms with E-state index >= 15 is 0 Å². The van der Waals surface area contributed by atoms with Crippen LogP contribution in [0.5, 0.6) is 0 Å². The number of hydrogen-bond acceptors (Lipinski definition) is 4. The van der Waals surface area contributed by atoms with Crippen LogP contribution in [0.4, 0.5) is 13.2 Å². The first-order valence-corrected chi connectivity index (χ1v) is 6.13. The molecule has 108 valence electrons. The van der Waals surface area contributed by atoms with E-state index in [1.807, 2.05) is 0 Å². The SMILES string of the molecule is Cc1noc(C)c1-c1cnc2nc(C(F)(F)F)ccc2c1. The van der Waals surface area contributed by atoms with Crippen molar-refractivity contribution in [2.45, 2.75) is 20.0 Å². The van der Waals surface area contributed by atoms with Gasteiger partial charge in [0.1, 0.15) is 11.5 Å². The highest BCUT2D eigenvalue weighted by molar-refractivity contribution is 5.81. The van der Waals surface area contributed by atoms with E-state index in [1.54, 1.807) is 19.9 Å². The van der Waals surface area contributed by atoms with Crippen molar-refractivity contribution in [2.75, 3.05) is 0 Å². The van der Waals surface area contributed by atoms with Crippen molar-refractivity contribution in [1.82, 2.24) is 15.1 Å². The molecular weight excluding hydrogens is 283 g/mol. The summed E-state index contributed by atoms with van der Waals surface area (Å²) in [4.78, 5) is 7.55. The van der Waals surface area contributed by atoms with Gasteiger partial charge in [0.25, 0.3) is 0 Å². The Kier molecular flexibility index (Phi) is 2.93. The van der Waals surface area contributed by atoms with E-state index in [0.29, 0.717) is 16.8 Å². The fourth-order valence-corrected chi connectivity index (χ4v) is 2.20. The predicted octanol–water partition coefficient (Wildman–Crippen LogP) is 3.92. The van der Waals surface area contributed by atoms with Gasteiger partial charge in [-0.15, -0.1) is 0 Å². The minimum absolute atomic E-state index is 0.0559. The number of aryl methyl sites for hydroxylation is 2. The van der Waals surface area contributed by atoms with Crippen LogP contribution in [0.2, 0.25) is 0 Å². The van der Waals surface area contributed by atoms with Crippen molar-refractivity contribution >= 4 is 11.0 Å². The summed E-state index contributed by atoms with van der Waals surface area (Å²) < 4.78 is 42.9. The van der Waals surface area contributed by atoms with Crippen molar-refractivity contribution in [1.29, 1.82) is 0 Å². The zero-order valence-corrected chi connectivity index (χ0v) is 11.2. The number of rotatable bonds is 1. The molecule has 4 nitrogen and oxygen atoms in total. The molecule has 0 aliphatic carbocycles. The van der Waals surface area contributed by atoms with Gasteiger partial charge in [-0.25, -0.2) is 9.97 Å². The summed E-state index contributed by atoms with van der Waals surface area (Å²) in [6.07, 6.45) is -3.00. The van der Waals surface area contributed by atoms with Crippen molar-refractivity contribution in [3.8, 4) is 11.1 Å². The van der Waals surface area contributed by atoms with Crippen LogP contribution in [-0.2, 0) is 6.18 Å². The molecule has 0 radical (unpaired) electrons. The lowest BCUT2D eigenvalue weighted by Crippen LogP contribution is -2.07. The van der Waals surface area contributed by atoms with Gasteiger partial charge >= 0.3 is 6.18 Å². The molecule has 0 unspecified atom stereocenters. The first kappa shape index (κ1) is 13.5. The fraction of sp³-hybridized carbons (Fsp3) is 0.214. The molecule has 3 rings (SSSR count). The first-order chi connectivity index (χ1) is 9.86. The van der Waals surface area contributed by atoms with Gasteiger partial charge in [0.2, 0.25) is 0 Å². The van der Waals surface area contributed by atoms with Crippen molar-refractivity contribution < 1.29 is 17.7 Å². The Morgan fingerprint density at radius 2 is 1.90 bits per heavy atom. The molecule has 0 amide bonds. The van der Waals surface area contributed by atoms with Crippen molar-refractivity contribution in [3.05, 3.63) is 41.5 Å². The number of fused-ring (bicyclic) bond motifs is 1. The summed E-state index contributed by atoms with van der Waals surface area (Å²) in [5.41, 5.74) is 1.34. The van der Waals surface area contributed by atoms with Gasteiger partial charge in [0.05, 0.1) is 5.69 Å². The number of nitrogens with zero attached hydrogens (tertiary/aromatic N) is 3. The predicted molar refractivity (Wildman–Crippen MR) is 69.5 cm³/mol. The Bertz CT molecular complexity index is 804. The number of halogens is 3. The van der Waals surface area contributed by atoms with Gasteiger partial charge in [0.15, 0.2) is 5.65 Å². The van der Waals surface area contributed by atoms with Crippen LogP contribution in [0.15, 0.2) is 28.9 Å². The Morgan fingerprint density at radius 3 is 2.52 bits per heavy atom. The highest BCUT2D eigenvalue weighted by Gasteiger charge is 2.32. The number of aromatic nitrogens is 3. The van der Waals surface area contributed by atoms with Crippen molar-refractivity contribution in [3.63, 3.8) is 0 Å². The zero-order chi connectivity index (χ0) is 15.2. The van der Waals surface area contributed by atoms with Crippen LogP contribution < -0.4 is 0 Å². The van der Waals surface area contributed by atoms with E-state index in [9.17, 15) is 13.2 Å². The highest BCUT2D eigenvalue weighted by Crippen LogP contribution is 2.31. The molecule has 0 aliphatic heterocycles. The average Bonchev–Trinajstić information content (AvgIpc) is 2.76. The second-order valence-electron chi connectivity index (χ2n) is 4.66. The molecule has 0 spiro atoms. The summed E-state index contributed by atoms with van der Waals surface area (Å²) in [5, 5.41) is 4.38. The Morgan fingerprint density at radius 1 is 1.14 bits per heavy atom. The minimum Gasteiger partial charge on any atom is -0.361 e. The van der Waals surface area contributed by atoms with Crippen LogP contribution in [0.1, 0.15) is 17.1 Å². The van der Waals surface area contributed by atoms with E-state index in [0.717, 1.165) is 17.2 Å². The Balaban J connectivity index is 2.14. The molecule has 3 heterocycles. The fourth-order valence-electron chi connectivity index (χ4n) is 2.20. The monoisotopic (exact) mass is 293 g/mol. The Hall–Kier alpha value is -2.44. The third kappa shape index (κ3) is 2.35. The third-order valence-electron chi connectivity index (χ3n) is 3.15. The molecule has 0 N–H and O–H groups in total. The lowest BCUT2D eigenvalue weighted by Gasteiger charge is -2.07. The standard InChI is InChI=1S/C14H10F3N3O/c1-7-12(8(2)21-20-7)10-5-9-3-4-11(14(15,16)17)19-13(9)18-6-10/h3-6H,1-2H3. The number of pyridine rings is 2. The van der Waals surface area contributed by atoms with E-state index < -0.39 is 11.9 Å². The number of alkyl halides is 3. The van der Waals surface area contributed by atoms with Crippen LogP contribution >= 0.6 is 0 Å². The molecule has 0 bridgehead atoms. The van der Waals surface area contributed by atoms with E-state index in [4.69, 9.17) is 4.52 Å². The molecule has 0 saturated heterocycles. The Labute approximate surface area is 117 Å². The largest absolute Gasteiger partial charge is 0.433 e. The average molecular weight is 293 g/mol. The molecule has 3 aromatic heterocycles. The minimum atomic E-state index is -4.48. The van der Waals surface area contributed by atoms with Gasteiger partial charge in [-0.1, -0.05) is 5.16 Å². The van der Waals surface area contributed by atoms with Crippen molar-refractivity contribution in [2.24, 2.45) is 0 Å². The normalized spacial score (nSPS) is 12.0. The molecule has 3 aromatic rings. The molecule has 0 aliphatic rings. The first-order valence-electron chi connectivity index (χ1n) is 6.13. The maximum Gasteiger partial charge on any atom is 0.433 e. The summed E-state index contributed by atoms with van der Waals surface area (Å²) in [7, 11) is 0. The summed E-state index contributed by atoms with van der Waals surface area (Å²) >= 11 is 0. The molecule has 21 heavy (non-hydrogen) atoms. The van der Waals surface area contributed by atoms with E-state index in [-0.39, 0.29) is 5.65 Å². The second kappa shape index (κ2) is 4.54. The number of hydrogen-bond donors (Lipinski definition) is 0. The zero-order valence-electron chi connectivity index (χ0n) is 11.2. The summed E-state index contributed by atoms with van der Waals surface area (Å²) in [6, 6.07) is 4.03. The second-order valence-corrected chi connectivity index (χ2v) is 4.66. The van der Waals surface area contributed by atoms with Crippen LogP contribution in [0.25, 0.3) is 22.2 Å². The third-order valence-corrected chi connectivity index (χ3v) is 3.15. The summed E-state index contributed by atoms with van der Waals surface area (Å²) in [6.45, 7) is 3.56. The molecule has 7 heteroatoms. The van der Waals surface area contributed by atoms with Gasteiger partial charge in [-0.3, -0.25) is 0 Å². The molecule has 0 saturated carbocycles. The maximum atomic E-state index is 12.6. The molecule has 0 fully saturated rings. The lowest BCUT2D eigenvalue weighted by molar-refractivity contribution is -0.141. The van der Waals surface area contributed by atoms with Crippen LogP contribution in [-0.4, -0.2) is 15.1 Å². The van der Waals surface area contributed by atoms with Gasteiger partial charge < -0.3 is 4.52 Å². The molecule has 0 atom stereocenters. The lowest BCUT2D eigenvalue weighted by atomic mass is 10.1. The highest BCUT2D eigenvalue weighted by atomic mass is 19.4. The van der Waals surface area contributed by atoms with Gasteiger partial charge in [0, 0.05) is 22.7 Å². The van der Waals surface area contributed by atoms with E-state index in [1.165, 1.54) is 12.3 Å². The molecular formula is C14H10F3N3O. The quantitative estimate of drug-likeness (QED) is 0.682. The summed E-state index contributed by atoms with van der Waals surface area (Å²) in [5.74, 6) is 0.633. The molecule has 0 aromatic carbocycles.